The summed E-state index contributed by atoms with van der Waals surface area (Å²) < 4.78 is 5.86. The molecule has 28 heavy (non-hydrogen) atoms. The van der Waals surface area contributed by atoms with Crippen molar-refractivity contribution in [1.29, 1.82) is 0 Å². The lowest BCUT2D eigenvalue weighted by atomic mass is 9.87. The van der Waals surface area contributed by atoms with Crippen LogP contribution in [0.15, 0.2) is 53.3 Å². The number of amides is 1. The standard InChI is InChI=1S/C22H21N3O3/c1-13-4-3-5-15(10-13)12-28-17-8-6-16(7-9-17)18-11-19(26)25-21-20(18)22(27)24-14(2)23-21/h3-10,18H,11-12H2,1-2H3,(H2,23,24,25,26,27). The number of carbonyl (C=O) groups is 1. The average Bonchev–Trinajstić information content (AvgIpc) is 2.65. The number of rotatable bonds is 4. The number of hydrogen-bond acceptors (Lipinski definition) is 4. The van der Waals surface area contributed by atoms with Gasteiger partial charge in [-0.15, -0.1) is 0 Å². The number of aromatic nitrogens is 2. The van der Waals surface area contributed by atoms with E-state index in [2.05, 4.69) is 34.3 Å². The number of carbonyl (C=O) groups excluding carboxylic acids is 1. The van der Waals surface area contributed by atoms with Crippen LogP contribution in [-0.2, 0) is 11.4 Å². The van der Waals surface area contributed by atoms with E-state index in [-0.39, 0.29) is 23.8 Å². The quantitative estimate of drug-likeness (QED) is 0.732. The van der Waals surface area contributed by atoms with E-state index >= 15 is 0 Å². The SMILES string of the molecule is Cc1cccc(COc2ccc(C3CC(=O)Nc4nc(C)[nH]c(=O)c43)cc2)c1. The molecule has 3 aromatic rings. The van der Waals surface area contributed by atoms with Crippen molar-refractivity contribution in [2.75, 3.05) is 5.32 Å². The minimum atomic E-state index is -0.327. The summed E-state index contributed by atoms with van der Waals surface area (Å²) >= 11 is 0. The monoisotopic (exact) mass is 375 g/mol. The second-order valence-electron chi connectivity index (χ2n) is 7.07. The molecule has 1 aromatic heterocycles. The Morgan fingerprint density at radius 2 is 1.89 bits per heavy atom. The summed E-state index contributed by atoms with van der Waals surface area (Å²) in [4.78, 5) is 31.6. The molecule has 4 rings (SSSR count). The first-order valence-electron chi connectivity index (χ1n) is 9.18. The van der Waals surface area contributed by atoms with Crippen LogP contribution in [0.5, 0.6) is 5.75 Å². The number of aromatic amines is 1. The lowest BCUT2D eigenvalue weighted by Crippen LogP contribution is -2.31. The smallest absolute Gasteiger partial charge is 0.256 e. The van der Waals surface area contributed by atoms with Crippen molar-refractivity contribution < 1.29 is 9.53 Å². The number of benzene rings is 2. The fourth-order valence-corrected chi connectivity index (χ4v) is 3.53. The topological polar surface area (TPSA) is 84.1 Å². The van der Waals surface area contributed by atoms with Crippen molar-refractivity contribution >= 4 is 11.7 Å². The maximum Gasteiger partial charge on any atom is 0.256 e. The molecule has 2 N–H and O–H groups in total. The lowest BCUT2D eigenvalue weighted by Gasteiger charge is -2.24. The normalized spacial score (nSPS) is 15.6. The van der Waals surface area contributed by atoms with Gasteiger partial charge < -0.3 is 15.0 Å². The van der Waals surface area contributed by atoms with Gasteiger partial charge in [0, 0.05) is 12.3 Å². The van der Waals surface area contributed by atoms with Crippen LogP contribution in [0.25, 0.3) is 0 Å². The van der Waals surface area contributed by atoms with E-state index in [0.717, 1.165) is 16.9 Å². The second-order valence-corrected chi connectivity index (χ2v) is 7.07. The highest BCUT2D eigenvalue weighted by Crippen LogP contribution is 2.34. The number of ether oxygens (including phenoxy) is 1. The molecule has 1 aliphatic heterocycles. The first-order valence-corrected chi connectivity index (χ1v) is 9.18. The van der Waals surface area contributed by atoms with Crippen LogP contribution >= 0.6 is 0 Å². The highest BCUT2D eigenvalue weighted by molar-refractivity contribution is 5.94. The van der Waals surface area contributed by atoms with Crippen LogP contribution in [0, 0.1) is 13.8 Å². The number of anilines is 1. The van der Waals surface area contributed by atoms with E-state index in [0.29, 0.717) is 23.8 Å². The van der Waals surface area contributed by atoms with Gasteiger partial charge in [-0.1, -0.05) is 42.0 Å². The average molecular weight is 375 g/mol. The van der Waals surface area contributed by atoms with Crippen molar-refractivity contribution in [2.24, 2.45) is 0 Å². The Kier molecular flexibility index (Phi) is 4.69. The van der Waals surface area contributed by atoms with Gasteiger partial charge in [0.05, 0.1) is 5.56 Å². The Morgan fingerprint density at radius 3 is 2.64 bits per heavy atom. The van der Waals surface area contributed by atoms with Crippen molar-refractivity contribution in [3.05, 3.63) is 87.0 Å². The molecule has 1 atom stereocenters. The van der Waals surface area contributed by atoms with Crippen LogP contribution in [0.1, 0.15) is 40.4 Å². The van der Waals surface area contributed by atoms with Crippen LogP contribution in [0.4, 0.5) is 5.82 Å². The second kappa shape index (κ2) is 7.31. The molecular formula is C22H21N3O3. The highest BCUT2D eigenvalue weighted by Gasteiger charge is 2.30. The molecule has 0 fully saturated rings. The van der Waals surface area contributed by atoms with Gasteiger partial charge in [-0.05, 0) is 37.1 Å². The Labute approximate surface area is 162 Å². The molecule has 6 nitrogen and oxygen atoms in total. The number of nitrogens with one attached hydrogen (secondary N) is 2. The molecule has 1 unspecified atom stereocenters. The summed E-state index contributed by atoms with van der Waals surface area (Å²) in [5.74, 6) is 1.09. The molecule has 1 amide bonds. The minimum absolute atomic E-state index is 0.144. The number of H-pyrrole nitrogens is 1. The summed E-state index contributed by atoms with van der Waals surface area (Å²) in [5.41, 5.74) is 3.47. The first-order chi connectivity index (χ1) is 13.5. The third-order valence-corrected chi connectivity index (χ3v) is 4.84. The van der Waals surface area contributed by atoms with Gasteiger partial charge in [-0.25, -0.2) is 4.98 Å². The van der Waals surface area contributed by atoms with Gasteiger partial charge in [0.1, 0.15) is 24.0 Å². The molecular weight excluding hydrogens is 354 g/mol. The van der Waals surface area contributed by atoms with Crippen molar-refractivity contribution in [3.8, 4) is 5.75 Å². The summed E-state index contributed by atoms with van der Waals surface area (Å²) in [6.07, 6.45) is 0.213. The Balaban J connectivity index is 1.56. The number of hydrogen-bond donors (Lipinski definition) is 2. The van der Waals surface area contributed by atoms with Crippen LogP contribution in [0.2, 0.25) is 0 Å². The Bertz CT molecular complexity index is 1090. The molecule has 2 aromatic carbocycles. The van der Waals surface area contributed by atoms with Gasteiger partial charge in [0.2, 0.25) is 5.91 Å². The fraction of sp³-hybridized carbons (Fsp3) is 0.227. The van der Waals surface area contributed by atoms with E-state index in [4.69, 9.17) is 4.74 Å². The van der Waals surface area contributed by atoms with E-state index in [9.17, 15) is 9.59 Å². The van der Waals surface area contributed by atoms with Gasteiger partial charge >= 0.3 is 0 Å². The van der Waals surface area contributed by atoms with Gasteiger partial charge in [-0.3, -0.25) is 9.59 Å². The molecule has 142 valence electrons. The van der Waals surface area contributed by atoms with Crippen LogP contribution in [0.3, 0.4) is 0 Å². The zero-order valence-corrected chi connectivity index (χ0v) is 15.8. The van der Waals surface area contributed by atoms with E-state index < -0.39 is 0 Å². The highest BCUT2D eigenvalue weighted by atomic mass is 16.5. The Hall–Kier alpha value is -3.41. The largest absolute Gasteiger partial charge is 0.489 e. The zero-order valence-electron chi connectivity index (χ0n) is 15.8. The van der Waals surface area contributed by atoms with E-state index in [1.165, 1.54) is 5.56 Å². The van der Waals surface area contributed by atoms with Gasteiger partial charge in [0.15, 0.2) is 0 Å². The van der Waals surface area contributed by atoms with Crippen molar-refractivity contribution in [1.82, 2.24) is 9.97 Å². The summed E-state index contributed by atoms with van der Waals surface area (Å²) in [7, 11) is 0. The molecule has 0 saturated carbocycles. The molecule has 0 bridgehead atoms. The molecule has 0 aliphatic carbocycles. The summed E-state index contributed by atoms with van der Waals surface area (Å²) in [5, 5.41) is 2.70. The fourth-order valence-electron chi connectivity index (χ4n) is 3.53. The molecule has 1 aliphatic rings. The molecule has 0 spiro atoms. The third-order valence-electron chi connectivity index (χ3n) is 4.84. The maximum atomic E-state index is 12.5. The third kappa shape index (κ3) is 3.67. The lowest BCUT2D eigenvalue weighted by molar-refractivity contribution is -0.116. The number of nitrogens with zero attached hydrogens (tertiary/aromatic N) is 1. The predicted molar refractivity (Wildman–Crippen MR) is 107 cm³/mol. The number of aryl methyl sites for hydroxylation is 2. The molecule has 6 heteroatoms. The van der Waals surface area contributed by atoms with Crippen molar-refractivity contribution in [3.63, 3.8) is 0 Å². The molecule has 0 saturated heterocycles. The maximum absolute atomic E-state index is 12.5. The Morgan fingerprint density at radius 1 is 1.11 bits per heavy atom. The predicted octanol–water partition coefficient (Wildman–Crippen LogP) is 3.44. The zero-order chi connectivity index (χ0) is 19.7. The minimum Gasteiger partial charge on any atom is -0.489 e. The van der Waals surface area contributed by atoms with Crippen molar-refractivity contribution in [2.45, 2.75) is 32.8 Å². The van der Waals surface area contributed by atoms with Gasteiger partial charge in [0.25, 0.3) is 5.56 Å². The first kappa shape index (κ1) is 18.0. The number of fused-ring (bicyclic) bond motifs is 1. The summed E-state index contributed by atoms with van der Waals surface area (Å²) in [6.45, 7) is 4.23. The molecule has 2 heterocycles. The van der Waals surface area contributed by atoms with Gasteiger partial charge in [-0.2, -0.15) is 0 Å². The van der Waals surface area contributed by atoms with Crippen LogP contribution in [-0.4, -0.2) is 15.9 Å². The molecule has 0 radical (unpaired) electrons. The summed E-state index contributed by atoms with van der Waals surface area (Å²) in [6, 6.07) is 15.7. The van der Waals surface area contributed by atoms with Crippen LogP contribution < -0.4 is 15.6 Å². The van der Waals surface area contributed by atoms with E-state index in [1.54, 1.807) is 6.92 Å². The van der Waals surface area contributed by atoms with E-state index in [1.807, 2.05) is 36.4 Å².